The molecule has 1 spiro atoms. The second-order valence-electron chi connectivity index (χ2n) is 3.96. The van der Waals surface area contributed by atoms with Crippen molar-refractivity contribution in [3.05, 3.63) is 0 Å². The van der Waals surface area contributed by atoms with Crippen molar-refractivity contribution in [3.8, 4) is 0 Å². The van der Waals surface area contributed by atoms with Gasteiger partial charge < -0.3 is 4.90 Å². The summed E-state index contributed by atoms with van der Waals surface area (Å²) < 4.78 is 0. The van der Waals surface area contributed by atoms with Crippen LogP contribution in [0.25, 0.3) is 0 Å². The first-order valence-electron chi connectivity index (χ1n) is 4.50. The van der Waals surface area contributed by atoms with Gasteiger partial charge in [-0.05, 0) is 25.7 Å². The first-order chi connectivity index (χ1) is 5.25. The van der Waals surface area contributed by atoms with E-state index in [1.165, 1.54) is 12.8 Å². The smallest absolute Gasteiger partial charge is 0.228 e. The predicted molar refractivity (Wildman–Crippen MR) is 43.2 cm³/mol. The van der Waals surface area contributed by atoms with E-state index >= 15 is 0 Å². The molecule has 2 rings (SSSR count). The highest BCUT2D eigenvalue weighted by molar-refractivity contribution is 5.85. The van der Waals surface area contributed by atoms with Crippen LogP contribution < -0.4 is 0 Å². The quantitative estimate of drug-likeness (QED) is 0.515. The van der Waals surface area contributed by atoms with Gasteiger partial charge in [0.25, 0.3) is 0 Å². The van der Waals surface area contributed by atoms with Gasteiger partial charge in [0.2, 0.25) is 5.91 Å². The number of carbonyl (C=O) groups is 1. The van der Waals surface area contributed by atoms with E-state index in [2.05, 4.69) is 0 Å². The zero-order chi connectivity index (χ0) is 7.90. The van der Waals surface area contributed by atoms with Gasteiger partial charge in [-0.3, -0.25) is 4.79 Å². The second-order valence-corrected chi connectivity index (χ2v) is 3.96. The molecule has 2 heteroatoms. The Hall–Kier alpha value is -0.530. The first-order valence-corrected chi connectivity index (χ1v) is 4.50. The molecule has 2 nitrogen and oxygen atoms in total. The molecule has 62 valence electrons. The molecular weight excluding hydrogens is 138 g/mol. The van der Waals surface area contributed by atoms with E-state index in [4.69, 9.17) is 0 Å². The Morgan fingerprint density at radius 1 is 1.27 bits per heavy atom. The van der Waals surface area contributed by atoms with Gasteiger partial charge in [0.15, 0.2) is 0 Å². The molecule has 1 heterocycles. The van der Waals surface area contributed by atoms with Crippen LogP contribution >= 0.6 is 0 Å². The van der Waals surface area contributed by atoms with Gasteiger partial charge in [0.05, 0.1) is 0 Å². The lowest BCUT2D eigenvalue weighted by molar-refractivity contribution is -0.135. The standard InChI is InChI=1S/C9H15NO/c1-10-7-3-2-4-9(5-6-9)8(10)11/h2-7H2,1H3. The molecule has 1 amide bonds. The van der Waals surface area contributed by atoms with Crippen molar-refractivity contribution in [2.45, 2.75) is 32.1 Å². The van der Waals surface area contributed by atoms with Gasteiger partial charge >= 0.3 is 0 Å². The van der Waals surface area contributed by atoms with Crippen LogP contribution in [-0.4, -0.2) is 24.4 Å². The molecule has 0 aromatic carbocycles. The largest absolute Gasteiger partial charge is 0.345 e. The summed E-state index contributed by atoms with van der Waals surface area (Å²) in [5, 5.41) is 0. The van der Waals surface area contributed by atoms with E-state index in [9.17, 15) is 4.79 Å². The maximum absolute atomic E-state index is 11.7. The molecule has 0 N–H and O–H groups in total. The molecule has 2 aliphatic rings. The van der Waals surface area contributed by atoms with Gasteiger partial charge in [-0.1, -0.05) is 6.42 Å². The molecule has 0 unspecified atom stereocenters. The summed E-state index contributed by atoms with van der Waals surface area (Å²) >= 11 is 0. The maximum Gasteiger partial charge on any atom is 0.228 e. The van der Waals surface area contributed by atoms with Crippen molar-refractivity contribution in [2.24, 2.45) is 5.41 Å². The SMILES string of the molecule is CN1CCCCC2(CC2)C1=O. The van der Waals surface area contributed by atoms with Gasteiger partial charge in [0, 0.05) is 19.0 Å². The van der Waals surface area contributed by atoms with Crippen LogP contribution in [-0.2, 0) is 4.79 Å². The van der Waals surface area contributed by atoms with E-state index in [0.717, 1.165) is 25.8 Å². The van der Waals surface area contributed by atoms with Crippen molar-refractivity contribution in [1.82, 2.24) is 4.90 Å². The lowest BCUT2D eigenvalue weighted by atomic mass is 10.00. The van der Waals surface area contributed by atoms with Crippen LogP contribution in [0.2, 0.25) is 0 Å². The van der Waals surface area contributed by atoms with E-state index in [1.54, 1.807) is 0 Å². The molecular formula is C9H15NO. The molecule has 1 aliphatic heterocycles. The minimum atomic E-state index is 0.130. The number of nitrogens with zero attached hydrogens (tertiary/aromatic N) is 1. The normalized spacial score (nSPS) is 28.8. The minimum absolute atomic E-state index is 0.130. The monoisotopic (exact) mass is 153 g/mol. The molecule has 0 aromatic rings. The number of carbonyl (C=O) groups excluding carboxylic acids is 1. The topological polar surface area (TPSA) is 20.3 Å². The fourth-order valence-corrected chi connectivity index (χ4v) is 2.04. The Balaban J connectivity index is 2.14. The average Bonchev–Trinajstić information content (AvgIpc) is 2.77. The van der Waals surface area contributed by atoms with Gasteiger partial charge in [-0.25, -0.2) is 0 Å². The van der Waals surface area contributed by atoms with Crippen molar-refractivity contribution < 1.29 is 4.79 Å². The molecule has 2 fully saturated rings. The van der Waals surface area contributed by atoms with Crippen LogP contribution in [0.1, 0.15) is 32.1 Å². The summed E-state index contributed by atoms with van der Waals surface area (Å²) in [4.78, 5) is 13.6. The average molecular weight is 153 g/mol. The Kier molecular flexibility index (Phi) is 1.44. The first kappa shape index (κ1) is 7.14. The number of amides is 1. The summed E-state index contributed by atoms with van der Waals surface area (Å²) in [6, 6.07) is 0. The lowest BCUT2D eigenvalue weighted by Crippen LogP contribution is -2.32. The minimum Gasteiger partial charge on any atom is -0.345 e. The van der Waals surface area contributed by atoms with E-state index in [0.29, 0.717) is 5.91 Å². The van der Waals surface area contributed by atoms with E-state index in [1.807, 2.05) is 11.9 Å². The molecule has 0 aromatic heterocycles. The van der Waals surface area contributed by atoms with Crippen LogP contribution in [0, 0.1) is 5.41 Å². The maximum atomic E-state index is 11.7. The highest BCUT2D eigenvalue weighted by Crippen LogP contribution is 2.52. The predicted octanol–water partition coefficient (Wildman–Crippen LogP) is 1.41. The number of likely N-dealkylation sites (tertiary alicyclic amines) is 1. The van der Waals surface area contributed by atoms with Crippen molar-refractivity contribution in [2.75, 3.05) is 13.6 Å². The van der Waals surface area contributed by atoms with E-state index < -0.39 is 0 Å². The molecule has 11 heavy (non-hydrogen) atoms. The van der Waals surface area contributed by atoms with Crippen LogP contribution in [0.5, 0.6) is 0 Å². The van der Waals surface area contributed by atoms with Gasteiger partial charge in [-0.15, -0.1) is 0 Å². The van der Waals surface area contributed by atoms with Gasteiger partial charge in [-0.2, -0.15) is 0 Å². The summed E-state index contributed by atoms with van der Waals surface area (Å²) in [6.45, 7) is 0.973. The lowest BCUT2D eigenvalue weighted by Gasteiger charge is -2.18. The summed E-state index contributed by atoms with van der Waals surface area (Å²) in [6.07, 6.45) is 5.89. The zero-order valence-corrected chi connectivity index (χ0v) is 7.10. The molecule has 1 aliphatic carbocycles. The molecule has 1 saturated heterocycles. The Morgan fingerprint density at radius 3 is 2.64 bits per heavy atom. The fourth-order valence-electron chi connectivity index (χ4n) is 2.04. The fraction of sp³-hybridized carbons (Fsp3) is 0.889. The number of rotatable bonds is 0. The number of hydrogen-bond donors (Lipinski definition) is 0. The highest BCUT2D eigenvalue weighted by Gasteiger charge is 2.50. The van der Waals surface area contributed by atoms with E-state index in [-0.39, 0.29) is 5.41 Å². The molecule has 1 saturated carbocycles. The van der Waals surface area contributed by atoms with Crippen molar-refractivity contribution >= 4 is 5.91 Å². The molecule has 0 radical (unpaired) electrons. The molecule has 0 bridgehead atoms. The summed E-state index contributed by atoms with van der Waals surface area (Å²) in [5.74, 6) is 0.412. The third-order valence-electron chi connectivity index (χ3n) is 3.05. The van der Waals surface area contributed by atoms with Crippen LogP contribution in [0.3, 0.4) is 0 Å². The molecule has 0 atom stereocenters. The second kappa shape index (κ2) is 2.23. The zero-order valence-electron chi connectivity index (χ0n) is 7.10. The van der Waals surface area contributed by atoms with Crippen LogP contribution in [0.4, 0.5) is 0 Å². The van der Waals surface area contributed by atoms with Gasteiger partial charge in [0.1, 0.15) is 0 Å². The van der Waals surface area contributed by atoms with Crippen molar-refractivity contribution in [3.63, 3.8) is 0 Å². The number of hydrogen-bond acceptors (Lipinski definition) is 1. The third kappa shape index (κ3) is 1.05. The van der Waals surface area contributed by atoms with Crippen molar-refractivity contribution in [1.29, 1.82) is 0 Å². The summed E-state index contributed by atoms with van der Waals surface area (Å²) in [5.41, 5.74) is 0.130. The third-order valence-corrected chi connectivity index (χ3v) is 3.05. The Morgan fingerprint density at radius 2 is 2.00 bits per heavy atom. The Labute approximate surface area is 67.6 Å². The Bertz CT molecular complexity index is 184. The van der Waals surface area contributed by atoms with Crippen LogP contribution in [0.15, 0.2) is 0 Å². The summed E-state index contributed by atoms with van der Waals surface area (Å²) in [7, 11) is 1.94. The highest BCUT2D eigenvalue weighted by atomic mass is 16.2.